The first-order chi connectivity index (χ1) is 17.0. The smallest absolute Gasteiger partial charge is 0.217 e. The van der Waals surface area contributed by atoms with Gasteiger partial charge in [0.1, 0.15) is 17.1 Å². The number of nitrogens with zero attached hydrogens (tertiary/aromatic N) is 3. The Hall–Kier alpha value is -3.69. The molecule has 0 fully saturated rings. The number of ether oxygens (including phenoxy) is 1. The van der Waals surface area contributed by atoms with Crippen LogP contribution in [0.15, 0.2) is 79.0 Å². The quantitative estimate of drug-likeness (QED) is 0.201. The van der Waals surface area contributed by atoms with Gasteiger partial charge in [-0.3, -0.25) is 0 Å². The number of fused-ring (bicyclic) bond motifs is 4. The molecule has 0 aliphatic heterocycles. The second-order valence-corrected chi connectivity index (χ2v) is 9.15. The molecule has 3 aromatic heterocycles. The van der Waals surface area contributed by atoms with Crippen LogP contribution in [0, 0.1) is 13.0 Å². The van der Waals surface area contributed by atoms with Gasteiger partial charge in [-0.2, -0.15) is 6.07 Å². The van der Waals surface area contributed by atoms with Crippen molar-refractivity contribution in [2.45, 2.75) is 26.7 Å². The van der Waals surface area contributed by atoms with Gasteiger partial charge in [0.2, 0.25) is 5.88 Å². The molecule has 3 heterocycles. The van der Waals surface area contributed by atoms with Gasteiger partial charge in [0.05, 0.1) is 0 Å². The van der Waals surface area contributed by atoms with Crippen molar-refractivity contribution in [2.75, 3.05) is 0 Å². The third kappa shape index (κ3) is 4.14. The standard InChI is InChI=1S/C30H24N3O2.Pt/c1-18(2)21-15-20-8-11-29(32-30(20)27(34)16-21)35-22-9-10-24-23-6-4-5-7-25(23)33(26(24)17-22)28-14-19(3)12-13-31-28;/h4-16,18,34H,1-3H3;/q-1;. The zero-order valence-corrected chi connectivity index (χ0v) is 22.4. The minimum Gasteiger partial charge on any atom is -0.506 e. The Morgan fingerprint density at radius 2 is 1.78 bits per heavy atom. The summed E-state index contributed by atoms with van der Waals surface area (Å²) in [6.07, 6.45) is 1.82. The van der Waals surface area contributed by atoms with E-state index in [4.69, 9.17) is 4.74 Å². The maximum atomic E-state index is 10.6. The number of hydrogen-bond donors (Lipinski definition) is 1. The topological polar surface area (TPSA) is 60.2 Å². The van der Waals surface area contributed by atoms with Crippen molar-refractivity contribution in [3.05, 3.63) is 96.2 Å². The number of phenols is 1. The van der Waals surface area contributed by atoms with Crippen LogP contribution in [0.5, 0.6) is 17.4 Å². The fourth-order valence-corrected chi connectivity index (χ4v) is 4.54. The number of pyridine rings is 2. The Labute approximate surface area is 223 Å². The molecule has 6 aromatic rings. The van der Waals surface area contributed by atoms with E-state index in [0.717, 1.165) is 44.1 Å². The number of aryl methyl sites for hydroxylation is 1. The molecule has 0 saturated heterocycles. The zero-order valence-electron chi connectivity index (χ0n) is 20.1. The third-order valence-corrected chi connectivity index (χ3v) is 6.34. The molecule has 6 rings (SSSR count). The minimum atomic E-state index is 0. The molecule has 0 bridgehead atoms. The van der Waals surface area contributed by atoms with Gasteiger partial charge in [0.25, 0.3) is 0 Å². The second kappa shape index (κ2) is 9.40. The summed E-state index contributed by atoms with van der Waals surface area (Å²) in [4.78, 5) is 9.20. The van der Waals surface area contributed by atoms with Crippen LogP contribution in [0.25, 0.3) is 38.5 Å². The van der Waals surface area contributed by atoms with Crippen molar-refractivity contribution >= 4 is 32.7 Å². The summed E-state index contributed by atoms with van der Waals surface area (Å²) in [6, 6.07) is 27.3. The Morgan fingerprint density at radius 3 is 2.58 bits per heavy atom. The normalized spacial score (nSPS) is 11.3. The average molecular weight is 654 g/mol. The Balaban J connectivity index is 0.00000267. The van der Waals surface area contributed by atoms with E-state index in [9.17, 15) is 5.11 Å². The molecule has 6 heteroatoms. The first-order valence-corrected chi connectivity index (χ1v) is 11.7. The molecule has 0 spiro atoms. The number of aromatic nitrogens is 3. The van der Waals surface area contributed by atoms with Crippen molar-refractivity contribution in [1.29, 1.82) is 0 Å². The van der Waals surface area contributed by atoms with E-state index in [-0.39, 0.29) is 26.8 Å². The molecular formula is C30H24N3O2Pt-. The molecule has 1 N–H and O–H groups in total. The molecule has 0 radical (unpaired) electrons. The van der Waals surface area contributed by atoms with Gasteiger partial charge in [0.15, 0.2) is 0 Å². The van der Waals surface area contributed by atoms with Gasteiger partial charge in [-0.15, -0.1) is 17.5 Å². The second-order valence-electron chi connectivity index (χ2n) is 9.15. The van der Waals surface area contributed by atoms with Crippen LogP contribution in [-0.2, 0) is 21.1 Å². The van der Waals surface area contributed by atoms with Crippen LogP contribution in [0.1, 0.15) is 30.9 Å². The Morgan fingerprint density at radius 1 is 0.944 bits per heavy atom. The van der Waals surface area contributed by atoms with E-state index in [1.54, 1.807) is 6.07 Å². The van der Waals surface area contributed by atoms with Crippen molar-refractivity contribution in [1.82, 2.24) is 14.5 Å². The average Bonchev–Trinajstić information content (AvgIpc) is 3.18. The van der Waals surface area contributed by atoms with E-state index in [1.165, 1.54) is 0 Å². The van der Waals surface area contributed by atoms with Gasteiger partial charge in [-0.05, 0) is 65.8 Å². The fraction of sp³-hybridized carbons (Fsp3) is 0.133. The predicted octanol–water partition coefficient (Wildman–Crippen LogP) is 7.45. The number of para-hydroxylation sites is 1. The monoisotopic (exact) mass is 653 g/mol. The number of hydrogen-bond acceptors (Lipinski definition) is 4. The van der Waals surface area contributed by atoms with Crippen LogP contribution < -0.4 is 4.74 Å². The predicted molar refractivity (Wildman–Crippen MR) is 140 cm³/mol. The summed E-state index contributed by atoms with van der Waals surface area (Å²) in [5.74, 6) is 2.25. The molecule has 5 nitrogen and oxygen atoms in total. The van der Waals surface area contributed by atoms with E-state index in [2.05, 4.69) is 65.6 Å². The summed E-state index contributed by atoms with van der Waals surface area (Å²) in [7, 11) is 0. The van der Waals surface area contributed by atoms with Crippen LogP contribution >= 0.6 is 0 Å². The molecule has 0 amide bonds. The largest absolute Gasteiger partial charge is 0.506 e. The van der Waals surface area contributed by atoms with Gasteiger partial charge < -0.3 is 14.4 Å². The summed E-state index contributed by atoms with van der Waals surface area (Å²) < 4.78 is 8.24. The van der Waals surface area contributed by atoms with E-state index in [1.807, 2.05) is 48.7 Å². The van der Waals surface area contributed by atoms with Crippen LogP contribution in [-0.4, -0.2) is 19.6 Å². The minimum absolute atomic E-state index is 0. The van der Waals surface area contributed by atoms with Gasteiger partial charge in [0, 0.05) is 50.0 Å². The molecule has 36 heavy (non-hydrogen) atoms. The molecular weight excluding hydrogens is 629 g/mol. The number of rotatable bonds is 4. The van der Waals surface area contributed by atoms with Gasteiger partial charge >= 0.3 is 0 Å². The SMILES string of the molecule is Cc1ccnc(-n2c3[c-]c(Oc4ccc5cc(C(C)C)cc(O)c5n4)ccc3c3ccccc32)c1.[Pt]. The van der Waals surface area contributed by atoms with Crippen LogP contribution in [0.3, 0.4) is 0 Å². The van der Waals surface area contributed by atoms with E-state index in [0.29, 0.717) is 23.1 Å². The molecule has 0 unspecified atom stereocenters. The number of benzene rings is 3. The molecule has 182 valence electrons. The summed E-state index contributed by atoms with van der Waals surface area (Å²) in [5.41, 5.74) is 4.66. The molecule has 0 atom stereocenters. The van der Waals surface area contributed by atoms with Crippen molar-refractivity contribution in [3.63, 3.8) is 0 Å². The molecule has 3 aromatic carbocycles. The maximum absolute atomic E-state index is 10.6. The number of aromatic hydroxyl groups is 1. The summed E-state index contributed by atoms with van der Waals surface area (Å²) >= 11 is 0. The van der Waals surface area contributed by atoms with E-state index < -0.39 is 0 Å². The van der Waals surface area contributed by atoms with Crippen molar-refractivity contribution in [2.24, 2.45) is 0 Å². The molecule has 0 saturated carbocycles. The third-order valence-electron chi connectivity index (χ3n) is 6.34. The van der Waals surface area contributed by atoms with Crippen LogP contribution in [0.2, 0.25) is 0 Å². The molecule has 0 aliphatic rings. The van der Waals surface area contributed by atoms with Crippen LogP contribution in [0.4, 0.5) is 0 Å². The van der Waals surface area contributed by atoms with Gasteiger partial charge in [-0.1, -0.05) is 37.6 Å². The summed E-state index contributed by atoms with van der Waals surface area (Å²) in [6.45, 7) is 6.26. The van der Waals surface area contributed by atoms with Gasteiger partial charge in [-0.25, -0.2) is 9.97 Å². The fourth-order valence-electron chi connectivity index (χ4n) is 4.54. The maximum Gasteiger partial charge on any atom is 0.217 e. The Bertz CT molecular complexity index is 1740. The first kappa shape index (κ1) is 24.0. The van der Waals surface area contributed by atoms with E-state index >= 15 is 0 Å². The first-order valence-electron chi connectivity index (χ1n) is 11.7. The Kier molecular flexibility index (Phi) is 6.27. The van der Waals surface area contributed by atoms with Crippen molar-refractivity contribution in [3.8, 4) is 23.2 Å². The van der Waals surface area contributed by atoms with Crippen molar-refractivity contribution < 1.29 is 30.9 Å². The number of phenolic OH excluding ortho intramolecular Hbond substituents is 1. The summed E-state index contributed by atoms with van der Waals surface area (Å²) in [5, 5.41) is 13.6. The zero-order chi connectivity index (χ0) is 24.1. The molecule has 0 aliphatic carbocycles.